The van der Waals surface area contributed by atoms with Crippen molar-refractivity contribution in [2.45, 2.75) is 32.4 Å². The molecule has 1 fully saturated rings. The minimum absolute atomic E-state index is 0. The lowest BCUT2D eigenvalue weighted by Crippen LogP contribution is -2.43. The number of rotatable bonds is 4. The average Bonchev–Trinajstić information content (AvgIpc) is 2.95. The smallest absolute Gasteiger partial charge is 0.0695 e. The highest BCUT2D eigenvalue weighted by Gasteiger charge is 2.20. The SMILES string of the molecule is CNC1CCCN(Cc2cn[nH]c2-c2cccc(C)c2)C1.Cl. The molecule has 2 heterocycles. The summed E-state index contributed by atoms with van der Waals surface area (Å²) < 4.78 is 0. The molecule has 22 heavy (non-hydrogen) atoms. The van der Waals surface area contributed by atoms with E-state index in [-0.39, 0.29) is 12.4 Å². The first-order valence-electron chi connectivity index (χ1n) is 7.75. The number of nitrogens with one attached hydrogen (secondary N) is 2. The molecule has 0 spiro atoms. The Kier molecular flexibility index (Phi) is 6.00. The highest BCUT2D eigenvalue weighted by Crippen LogP contribution is 2.24. The lowest BCUT2D eigenvalue weighted by Gasteiger charge is -2.32. The van der Waals surface area contributed by atoms with E-state index in [4.69, 9.17) is 0 Å². The predicted octanol–water partition coefficient (Wildman–Crippen LogP) is 2.99. The largest absolute Gasteiger partial charge is 0.316 e. The number of benzene rings is 1. The molecular weight excluding hydrogens is 296 g/mol. The molecule has 2 N–H and O–H groups in total. The number of aryl methyl sites for hydroxylation is 1. The molecule has 5 heteroatoms. The fraction of sp³-hybridized carbons (Fsp3) is 0.471. The monoisotopic (exact) mass is 320 g/mol. The van der Waals surface area contributed by atoms with Crippen molar-refractivity contribution in [1.29, 1.82) is 0 Å². The Hall–Kier alpha value is -1.36. The second-order valence-corrected chi connectivity index (χ2v) is 6.00. The number of aromatic amines is 1. The normalized spacial score (nSPS) is 18.9. The zero-order valence-corrected chi connectivity index (χ0v) is 14.1. The highest BCUT2D eigenvalue weighted by molar-refractivity contribution is 5.85. The van der Waals surface area contributed by atoms with Gasteiger partial charge in [-0.25, -0.2) is 0 Å². The zero-order chi connectivity index (χ0) is 14.7. The number of hydrogen-bond acceptors (Lipinski definition) is 3. The van der Waals surface area contributed by atoms with E-state index in [0.717, 1.165) is 18.8 Å². The Balaban J connectivity index is 0.00000176. The molecule has 1 aromatic carbocycles. The standard InChI is InChI=1S/C17H24N4.ClH/c1-13-5-3-6-14(9-13)17-15(10-19-20-17)11-21-8-4-7-16(12-21)18-2;/h3,5-6,9-10,16,18H,4,7-8,11-12H2,1-2H3,(H,19,20);1H. The molecule has 0 aliphatic carbocycles. The number of likely N-dealkylation sites (N-methyl/N-ethyl adjacent to an activating group) is 1. The Morgan fingerprint density at radius 1 is 1.41 bits per heavy atom. The summed E-state index contributed by atoms with van der Waals surface area (Å²) in [6.07, 6.45) is 4.52. The molecule has 1 aromatic heterocycles. The molecule has 0 saturated carbocycles. The summed E-state index contributed by atoms with van der Waals surface area (Å²) in [6.45, 7) is 5.39. The van der Waals surface area contributed by atoms with Gasteiger partial charge < -0.3 is 5.32 Å². The lowest BCUT2D eigenvalue weighted by atomic mass is 10.0. The first-order valence-corrected chi connectivity index (χ1v) is 7.75. The van der Waals surface area contributed by atoms with Crippen molar-refractivity contribution < 1.29 is 0 Å². The molecule has 0 radical (unpaired) electrons. The van der Waals surface area contributed by atoms with E-state index in [2.05, 4.69) is 58.7 Å². The van der Waals surface area contributed by atoms with Gasteiger partial charge in [0.25, 0.3) is 0 Å². The van der Waals surface area contributed by atoms with E-state index < -0.39 is 0 Å². The van der Waals surface area contributed by atoms with Crippen LogP contribution in [0.4, 0.5) is 0 Å². The number of halogens is 1. The Morgan fingerprint density at radius 3 is 3.05 bits per heavy atom. The van der Waals surface area contributed by atoms with Crippen LogP contribution in [0.5, 0.6) is 0 Å². The molecule has 1 atom stereocenters. The van der Waals surface area contributed by atoms with Crippen molar-refractivity contribution in [3.8, 4) is 11.3 Å². The first-order chi connectivity index (χ1) is 10.3. The summed E-state index contributed by atoms with van der Waals surface area (Å²) >= 11 is 0. The van der Waals surface area contributed by atoms with Gasteiger partial charge in [0.15, 0.2) is 0 Å². The zero-order valence-electron chi connectivity index (χ0n) is 13.3. The van der Waals surface area contributed by atoms with E-state index in [1.54, 1.807) is 0 Å². The van der Waals surface area contributed by atoms with E-state index in [0.29, 0.717) is 6.04 Å². The van der Waals surface area contributed by atoms with Crippen LogP contribution >= 0.6 is 12.4 Å². The molecule has 3 rings (SSSR count). The summed E-state index contributed by atoms with van der Waals surface area (Å²) in [5.41, 5.74) is 4.95. The van der Waals surface area contributed by atoms with E-state index in [1.165, 1.54) is 36.1 Å². The molecule has 0 amide bonds. The third-order valence-electron chi connectivity index (χ3n) is 4.33. The number of aromatic nitrogens is 2. The van der Waals surface area contributed by atoms with Crippen molar-refractivity contribution in [3.05, 3.63) is 41.6 Å². The van der Waals surface area contributed by atoms with Crippen molar-refractivity contribution >= 4 is 12.4 Å². The van der Waals surface area contributed by atoms with Gasteiger partial charge in [-0.15, -0.1) is 12.4 Å². The van der Waals surface area contributed by atoms with Crippen molar-refractivity contribution in [1.82, 2.24) is 20.4 Å². The van der Waals surface area contributed by atoms with Crippen LogP contribution in [0.25, 0.3) is 11.3 Å². The third-order valence-corrected chi connectivity index (χ3v) is 4.33. The predicted molar refractivity (Wildman–Crippen MR) is 93.4 cm³/mol. The van der Waals surface area contributed by atoms with Gasteiger partial charge in [-0.3, -0.25) is 10.00 Å². The summed E-state index contributed by atoms with van der Waals surface area (Å²) in [6, 6.07) is 9.21. The molecule has 4 nitrogen and oxygen atoms in total. The summed E-state index contributed by atoms with van der Waals surface area (Å²) in [4.78, 5) is 2.52. The fourth-order valence-corrected chi connectivity index (χ4v) is 3.16. The van der Waals surface area contributed by atoms with Gasteiger partial charge in [-0.2, -0.15) is 5.10 Å². The maximum Gasteiger partial charge on any atom is 0.0695 e. The lowest BCUT2D eigenvalue weighted by molar-refractivity contribution is 0.188. The van der Waals surface area contributed by atoms with Crippen LogP contribution in [0.3, 0.4) is 0 Å². The van der Waals surface area contributed by atoms with Crippen molar-refractivity contribution in [2.24, 2.45) is 0 Å². The Bertz CT molecular complexity index is 596. The number of nitrogens with zero attached hydrogens (tertiary/aromatic N) is 2. The van der Waals surface area contributed by atoms with Gasteiger partial charge in [0.05, 0.1) is 11.9 Å². The second-order valence-electron chi connectivity index (χ2n) is 6.00. The summed E-state index contributed by atoms with van der Waals surface area (Å²) in [7, 11) is 2.06. The topological polar surface area (TPSA) is 44.0 Å². The van der Waals surface area contributed by atoms with Crippen LogP contribution in [0, 0.1) is 6.92 Å². The Labute approximate surface area is 138 Å². The molecule has 1 aliphatic rings. The van der Waals surface area contributed by atoms with E-state index in [9.17, 15) is 0 Å². The van der Waals surface area contributed by atoms with Gasteiger partial charge in [0.2, 0.25) is 0 Å². The average molecular weight is 321 g/mol. The van der Waals surface area contributed by atoms with Crippen LogP contribution < -0.4 is 5.32 Å². The van der Waals surface area contributed by atoms with Crippen LogP contribution in [0.1, 0.15) is 24.0 Å². The van der Waals surface area contributed by atoms with Crippen LogP contribution in [0.15, 0.2) is 30.5 Å². The maximum atomic E-state index is 4.27. The van der Waals surface area contributed by atoms with Gasteiger partial charge in [-0.05, 0) is 39.4 Å². The van der Waals surface area contributed by atoms with E-state index in [1.807, 2.05) is 6.20 Å². The van der Waals surface area contributed by atoms with Crippen LogP contribution in [-0.2, 0) is 6.54 Å². The third kappa shape index (κ3) is 3.88. The van der Waals surface area contributed by atoms with Crippen molar-refractivity contribution in [3.63, 3.8) is 0 Å². The maximum absolute atomic E-state index is 4.27. The van der Waals surface area contributed by atoms with Crippen LogP contribution in [-0.4, -0.2) is 41.3 Å². The number of piperidine rings is 1. The summed E-state index contributed by atoms with van der Waals surface area (Å²) in [5, 5.41) is 10.8. The van der Waals surface area contributed by atoms with Crippen molar-refractivity contribution in [2.75, 3.05) is 20.1 Å². The van der Waals surface area contributed by atoms with Gasteiger partial charge >= 0.3 is 0 Å². The highest BCUT2D eigenvalue weighted by atomic mass is 35.5. The minimum Gasteiger partial charge on any atom is -0.316 e. The first kappa shape index (κ1) is 17.0. The molecule has 2 aromatic rings. The molecule has 1 saturated heterocycles. The molecule has 1 aliphatic heterocycles. The second kappa shape index (κ2) is 7.77. The molecule has 120 valence electrons. The number of H-pyrrole nitrogens is 1. The van der Waals surface area contributed by atoms with Crippen LogP contribution in [0.2, 0.25) is 0 Å². The van der Waals surface area contributed by atoms with Gasteiger partial charge in [0, 0.05) is 30.3 Å². The van der Waals surface area contributed by atoms with E-state index >= 15 is 0 Å². The number of likely N-dealkylation sites (tertiary alicyclic amines) is 1. The quantitative estimate of drug-likeness (QED) is 0.910. The molecule has 1 unspecified atom stereocenters. The summed E-state index contributed by atoms with van der Waals surface area (Å²) in [5.74, 6) is 0. The fourth-order valence-electron chi connectivity index (χ4n) is 3.16. The molecule has 0 bridgehead atoms. The Morgan fingerprint density at radius 2 is 2.27 bits per heavy atom. The number of hydrogen-bond donors (Lipinski definition) is 2. The molecular formula is C17H25ClN4. The minimum atomic E-state index is 0. The van der Waals surface area contributed by atoms with Gasteiger partial charge in [0.1, 0.15) is 0 Å². The van der Waals surface area contributed by atoms with Gasteiger partial charge in [-0.1, -0.05) is 23.8 Å².